The average molecular weight is 241 g/mol. The molecule has 0 saturated carbocycles. The van der Waals surface area contributed by atoms with Gasteiger partial charge in [0.2, 0.25) is 0 Å². The molecule has 0 aliphatic rings. The van der Waals surface area contributed by atoms with Crippen LogP contribution in [0.5, 0.6) is 0 Å². The van der Waals surface area contributed by atoms with Crippen LogP contribution in [0.2, 0.25) is 0 Å². The van der Waals surface area contributed by atoms with E-state index in [4.69, 9.17) is 5.73 Å². The molecular formula is C12H7F4N. The maximum atomic E-state index is 13.5. The summed E-state index contributed by atoms with van der Waals surface area (Å²) in [5, 5.41) is 0. The Labute approximate surface area is 94.5 Å². The summed E-state index contributed by atoms with van der Waals surface area (Å²) in [5.41, 5.74) is 4.84. The van der Waals surface area contributed by atoms with Crippen molar-refractivity contribution in [1.82, 2.24) is 0 Å². The summed E-state index contributed by atoms with van der Waals surface area (Å²) in [6.07, 6.45) is 0. The van der Waals surface area contributed by atoms with Crippen molar-refractivity contribution in [3.8, 4) is 11.1 Å². The number of benzene rings is 2. The number of hydrogen-bond acceptors (Lipinski definition) is 1. The number of nitrogens with two attached hydrogens (primary N) is 1. The normalized spacial score (nSPS) is 10.6. The molecule has 0 aliphatic carbocycles. The molecule has 0 spiro atoms. The van der Waals surface area contributed by atoms with Gasteiger partial charge in [0, 0.05) is 23.4 Å². The van der Waals surface area contributed by atoms with E-state index in [9.17, 15) is 17.6 Å². The first-order valence-corrected chi connectivity index (χ1v) is 4.69. The van der Waals surface area contributed by atoms with Gasteiger partial charge < -0.3 is 5.73 Å². The van der Waals surface area contributed by atoms with E-state index in [1.54, 1.807) is 0 Å². The lowest BCUT2D eigenvalue weighted by atomic mass is 10.0. The van der Waals surface area contributed by atoms with E-state index in [0.717, 1.165) is 12.1 Å². The Balaban J connectivity index is 2.72. The van der Waals surface area contributed by atoms with Crippen LogP contribution in [0.3, 0.4) is 0 Å². The zero-order valence-electron chi connectivity index (χ0n) is 8.48. The van der Waals surface area contributed by atoms with E-state index in [0.29, 0.717) is 12.1 Å². The minimum Gasteiger partial charge on any atom is -0.398 e. The quantitative estimate of drug-likeness (QED) is 0.600. The van der Waals surface area contributed by atoms with Gasteiger partial charge in [-0.1, -0.05) is 0 Å². The van der Waals surface area contributed by atoms with Gasteiger partial charge in [0.25, 0.3) is 0 Å². The second-order valence-corrected chi connectivity index (χ2v) is 3.48. The molecule has 0 heterocycles. The van der Waals surface area contributed by atoms with Gasteiger partial charge in [-0.2, -0.15) is 0 Å². The highest BCUT2D eigenvalue weighted by molar-refractivity contribution is 5.77. The highest BCUT2D eigenvalue weighted by Gasteiger charge is 2.16. The van der Waals surface area contributed by atoms with Gasteiger partial charge in [0.05, 0.1) is 5.56 Å². The lowest BCUT2D eigenvalue weighted by Crippen LogP contribution is -1.97. The fourth-order valence-electron chi connectivity index (χ4n) is 1.54. The first-order valence-electron chi connectivity index (χ1n) is 4.69. The van der Waals surface area contributed by atoms with Crippen LogP contribution >= 0.6 is 0 Å². The second-order valence-electron chi connectivity index (χ2n) is 3.48. The fraction of sp³-hybridized carbons (Fsp3) is 0. The molecule has 0 radical (unpaired) electrons. The summed E-state index contributed by atoms with van der Waals surface area (Å²) in [6, 6.07) is 4.19. The van der Waals surface area contributed by atoms with Gasteiger partial charge >= 0.3 is 0 Å². The predicted octanol–water partition coefficient (Wildman–Crippen LogP) is 3.49. The average Bonchev–Trinajstić information content (AvgIpc) is 2.21. The summed E-state index contributed by atoms with van der Waals surface area (Å²) in [5.74, 6) is -3.98. The van der Waals surface area contributed by atoms with Crippen LogP contribution in [0.1, 0.15) is 0 Å². The predicted molar refractivity (Wildman–Crippen MR) is 56.1 cm³/mol. The van der Waals surface area contributed by atoms with Gasteiger partial charge in [-0.05, 0) is 18.2 Å². The van der Waals surface area contributed by atoms with Crippen molar-refractivity contribution in [2.45, 2.75) is 0 Å². The number of nitrogen functional groups attached to an aromatic ring is 1. The molecule has 2 aromatic rings. The highest BCUT2D eigenvalue weighted by atomic mass is 19.1. The topological polar surface area (TPSA) is 26.0 Å². The molecule has 1 nitrogen and oxygen atoms in total. The van der Waals surface area contributed by atoms with Gasteiger partial charge in [-0.3, -0.25) is 0 Å². The molecule has 0 unspecified atom stereocenters. The van der Waals surface area contributed by atoms with E-state index >= 15 is 0 Å². The Hall–Kier alpha value is -2.04. The molecule has 0 aromatic heterocycles. The van der Waals surface area contributed by atoms with Crippen molar-refractivity contribution >= 4 is 5.69 Å². The van der Waals surface area contributed by atoms with Gasteiger partial charge in [0.15, 0.2) is 0 Å². The lowest BCUT2D eigenvalue weighted by molar-refractivity contribution is 0.548. The smallest absolute Gasteiger partial charge is 0.136 e. The first-order chi connectivity index (χ1) is 7.99. The van der Waals surface area contributed by atoms with Gasteiger partial charge in [-0.15, -0.1) is 0 Å². The van der Waals surface area contributed by atoms with Crippen molar-refractivity contribution in [1.29, 1.82) is 0 Å². The number of hydrogen-bond donors (Lipinski definition) is 1. The molecule has 2 N–H and O–H groups in total. The third-order valence-electron chi connectivity index (χ3n) is 2.29. The zero-order chi connectivity index (χ0) is 12.6. The SMILES string of the molecule is Nc1ccc(F)cc1-c1c(F)cc(F)cc1F. The van der Waals surface area contributed by atoms with Crippen LogP contribution in [0, 0.1) is 23.3 Å². The minimum absolute atomic E-state index is 0.0100. The van der Waals surface area contributed by atoms with E-state index < -0.39 is 28.8 Å². The number of anilines is 1. The molecule has 5 heteroatoms. The Bertz CT molecular complexity index is 558. The van der Waals surface area contributed by atoms with Crippen molar-refractivity contribution in [2.24, 2.45) is 0 Å². The number of rotatable bonds is 1. The van der Waals surface area contributed by atoms with Crippen molar-refractivity contribution in [3.05, 3.63) is 53.6 Å². The maximum Gasteiger partial charge on any atom is 0.136 e. The molecule has 0 saturated heterocycles. The van der Waals surface area contributed by atoms with E-state index in [-0.39, 0.29) is 11.3 Å². The molecule has 88 valence electrons. The molecule has 2 aromatic carbocycles. The Morgan fingerprint density at radius 3 is 1.94 bits per heavy atom. The largest absolute Gasteiger partial charge is 0.398 e. The summed E-state index contributed by atoms with van der Waals surface area (Å²) < 4.78 is 52.6. The van der Waals surface area contributed by atoms with Gasteiger partial charge in [-0.25, -0.2) is 17.6 Å². The third-order valence-corrected chi connectivity index (χ3v) is 2.29. The van der Waals surface area contributed by atoms with Crippen LogP contribution in [0.4, 0.5) is 23.2 Å². The molecular weight excluding hydrogens is 234 g/mol. The zero-order valence-corrected chi connectivity index (χ0v) is 8.48. The van der Waals surface area contributed by atoms with E-state index in [1.165, 1.54) is 6.07 Å². The van der Waals surface area contributed by atoms with Crippen molar-refractivity contribution in [3.63, 3.8) is 0 Å². The standard InChI is InChI=1S/C12H7F4N/c13-6-1-2-11(17)8(3-6)12-9(15)4-7(14)5-10(12)16/h1-5H,17H2. The highest BCUT2D eigenvalue weighted by Crippen LogP contribution is 2.31. The summed E-state index contributed by atoms with van der Waals surface area (Å²) in [6.45, 7) is 0. The van der Waals surface area contributed by atoms with Gasteiger partial charge in [0.1, 0.15) is 23.3 Å². The van der Waals surface area contributed by atoms with Crippen LogP contribution in [0.15, 0.2) is 30.3 Å². The summed E-state index contributed by atoms with van der Waals surface area (Å²) >= 11 is 0. The molecule has 0 bridgehead atoms. The summed E-state index contributed by atoms with van der Waals surface area (Å²) in [4.78, 5) is 0. The Kier molecular flexibility index (Phi) is 2.75. The van der Waals surface area contributed by atoms with Crippen LogP contribution in [-0.4, -0.2) is 0 Å². The second kappa shape index (κ2) is 4.08. The van der Waals surface area contributed by atoms with Crippen molar-refractivity contribution < 1.29 is 17.6 Å². The minimum atomic E-state index is -1.13. The molecule has 2 rings (SSSR count). The van der Waals surface area contributed by atoms with Crippen LogP contribution < -0.4 is 5.73 Å². The monoisotopic (exact) mass is 241 g/mol. The number of halogens is 4. The van der Waals surface area contributed by atoms with Crippen LogP contribution in [0.25, 0.3) is 11.1 Å². The molecule has 17 heavy (non-hydrogen) atoms. The molecule has 0 aliphatic heterocycles. The lowest BCUT2D eigenvalue weighted by Gasteiger charge is -2.08. The van der Waals surface area contributed by atoms with E-state index in [1.807, 2.05) is 0 Å². The molecule has 0 amide bonds. The maximum absolute atomic E-state index is 13.5. The summed E-state index contributed by atoms with van der Waals surface area (Å²) in [7, 11) is 0. The Morgan fingerprint density at radius 2 is 1.35 bits per heavy atom. The molecule has 0 atom stereocenters. The third kappa shape index (κ3) is 2.08. The van der Waals surface area contributed by atoms with E-state index in [2.05, 4.69) is 0 Å². The van der Waals surface area contributed by atoms with Crippen LogP contribution in [-0.2, 0) is 0 Å². The Morgan fingerprint density at radius 1 is 0.765 bits per heavy atom. The fourth-order valence-corrected chi connectivity index (χ4v) is 1.54. The van der Waals surface area contributed by atoms with Crippen molar-refractivity contribution in [2.75, 3.05) is 5.73 Å². The first kappa shape index (κ1) is 11.4. The molecule has 0 fully saturated rings.